The molecule has 0 atom stereocenters. The predicted molar refractivity (Wildman–Crippen MR) is 116 cm³/mol. The Balaban J connectivity index is 1.42. The molecule has 146 valence electrons. The minimum atomic E-state index is -0.245. The quantitative estimate of drug-likeness (QED) is 0.541. The third kappa shape index (κ3) is 3.07. The first-order chi connectivity index (χ1) is 14.0. The molecular weight excluding hydrogens is 384 g/mol. The standard InChI is InChI=1S/C22H20N4O2S/c1-12-19(15-7-6-13-4-3-5-14(13)10-15)24-21(29-12)25-20(27)16-8-9-18-17(11-16)23-22(28)26(18)2/h6-11H,3-5H2,1-2H3,(H,23,28)(H,24,25,27). The Labute approximate surface area is 171 Å². The van der Waals surface area contributed by atoms with Gasteiger partial charge in [0.15, 0.2) is 5.13 Å². The van der Waals surface area contributed by atoms with Crippen LogP contribution in [0.3, 0.4) is 0 Å². The van der Waals surface area contributed by atoms with Gasteiger partial charge < -0.3 is 4.98 Å². The third-order valence-electron chi connectivity index (χ3n) is 5.56. The highest BCUT2D eigenvalue weighted by atomic mass is 32.1. The topological polar surface area (TPSA) is 79.8 Å². The van der Waals surface area contributed by atoms with Gasteiger partial charge in [0, 0.05) is 23.1 Å². The molecule has 0 spiro atoms. The fourth-order valence-electron chi connectivity index (χ4n) is 3.98. The highest BCUT2D eigenvalue weighted by Gasteiger charge is 2.17. The van der Waals surface area contributed by atoms with Crippen LogP contribution in [0.1, 0.15) is 32.8 Å². The minimum Gasteiger partial charge on any atom is -0.306 e. The van der Waals surface area contributed by atoms with Crippen LogP contribution in [0, 0.1) is 6.92 Å². The van der Waals surface area contributed by atoms with Crippen LogP contribution in [0.15, 0.2) is 41.2 Å². The molecule has 0 bridgehead atoms. The lowest BCUT2D eigenvalue weighted by molar-refractivity contribution is 0.102. The zero-order valence-electron chi connectivity index (χ0n) is 16.2. The summed E-state index contributed by atoms with van der Waals surface area (Å²) in [6, 6.07) is 11.7. The molecule has 1 amide bonds. The third-order valence-corrected chi connectivity index (χ3v) is 6.44. The van der Waals surface area contributed by atoms with Gasteiger partial charge in [-0.25, -0.2) is 9.78 Å². The van der Waals surface area contributed by atoms with Crippen LogP contribution in [0.5, 0.6) is 0 Å². The molecular formula is C22H20N4O2S. The van der Waals surface area contributed by atoms with E-state index in [4.69, 9.17) is 0 Å². The number of aryl methyl sites for hydroxylation is 4. The molecule has 29 heavy (non-hydrogen) atoms. The highest BCUT2D eigenvalue weighted by molar-refractivity contribution is 7.16. The Bertz CT molecular complexity index is 1330. The number of aromatic amines is 1. The second-order valence-corrected chi connectivity index (χ2v) is 8.64. The molecule has 0 aliphatic heterocycles. The molecule has 2 aromatic carbocycles. The van der Waals surface area contributed by atoms with Gasteiger partial charge in [-0.2, -0.15) is 0 Å². The van der Waals surface area contributed by atoms with E-state index in [9.17, 15) is 9.59 Å². The first kappa shape index (κ1) is 17.9. The van der Waals surface area contributed by atoms with E-state index in [1.54, 1.807) is 25.2 Å². The average molecular weight is 404 g/mol. The summed E-state index contributed by atoms with van der Waals surface area (Å²) in [6.07, 6.45) is 3.50. The fraction of sp³-hybridized carbons (Fsp3) is 0.227. The summed E-state index contributed by atoms with van der Waals surface area (Å²) in [5, 5.41) is 3.47. The number of fused-ring (bicyclic) bond motifs is 2. The first-order valence-corrected chi connectivity index (χ1v) is 10.4. The SMILES string of the molecule is Cc1sc(NC(=O)c2ccc3c(c2)[nH]c(=O)n3C)nc1-c1ccc2c(c1)CCC2. The summed E-state index contributed by atoms with van der Waals surface area (Å²) >= 11 is 1.47. The van der Waals surface area contributed by atoms with Crippen molar-refractivity contribution in [1.29, 1.82) is 0 Å². The first-order valence-electron chi connectivity index (χ1n) is 9.59. The molecule has 0 fully saturated rings. The molecule has 1 aliphatic rings. The van der Waals surface area contributed by atoms with Crippen molar-refractivity contribution in [2.45, 2.75) is 26.2 Å². The number of hydrogen-bond donors (Lipinski definition) is 2. The number of aromatic nitrogens is 3. The van der Waals surface area contributed by atoms with Crippen LogP contribution >= 0.6 is 11.3 Å². The summed E-state index contributed by atoms with van der Waals surface area (Å²) < 4.78 is 1.52. The largest absolute Gasteiger partial charge is 0.326 e. The van der Waals surface area contributed by atoms with Gasteiger partial charge in [-0.15, -0.1) is 11.3 Å². The van der Waals surface area contributed by atoms with Crippen LogP contribution in [0.2, 0.25) is 0 Å². The van der Waals surface area contributed by atoms with E-state index in [0.717, 1.165) is 34.5 Å². The van der Waals surface area contributed by atoms with Crippen LogP contribution in [-0.4, -0.2) is 20.4 Å². The van der Waals surface area contributed by atoms with Crippen molar-refractivity contribution in [3.05, 3.63) is 68.4 Å². The molecule has 6 nitrogen and oxygen atoms in total. The molecule has 4 aromatic rings. The number of carbonyl (C=O) groups excluding carboxylic acids is 1. The van der Waals surface area contributed by atoms with Gasteiger partial charge in [-0.3, -0.25) is 14.7 Å². The maximum atomic E-state index is 12.7. The summed E-state index contributed by atoms with van der Waals surface area (Å²) in [4.78, 5) is 33.0. The number of nitrogens with one attached hydrogen (secondary N) is 2. The van der Waals surface area contributed by atoms with E-state index in [0.29, 0.717) is 16.2 Å². The molecule has 0 unspecified atom stereocenters. The lowest BCUT2D eigenvalue weighted by Gasteiger charge is -2.04. The Morgan fingerprint density at radius 1 is 1.17 bits per heavy atom. The number of carbonyl (C=O) groups is 1. The highest BCUT2D eigenvalue weighted by Crippen LogP contribution is 2.33. The van der Waals surface area contributed by atoms with Crippen LogP contribution < -0.4 is 11.0 Å². The number of benzene rings is 2. The summed E-state index contributed by atoms with van der Waals surface area (Å²) in [6.45, 7) is 2.02. The minimum absolute atomic E-state index is 0.202. The normalized spacial score (nSPS) is 13.0. The number of anilines is 1. The monoisotopic (exact) mass is 404 g/mol. The molecule has 0 saturated heterocycles. The Morgan fingerprint density at radius 3 is 2.86 bits per heavy atom. The Hall–Kier alpha value is -3.19. The average Bonchev–Trinajstić information content (AvgIpc) is 3.39. The van der Waals surface area contributed by atoms with Crippen molar-refractivity contribution in [2.75, 3.05) is 5.32 Å². The molecule has 0 saturated carbocycles. The lowest BCUT2D eigenvalue weighted by atomic mass is 10.0. The van der Waals surface area contributed by atoms with Gasteiger partial charge >= 0.3 is 5.69 Å². The second kappa shape index (κ2) is 6.70. The van der Waals surface area contributed by atoms with Gasteiger partial charge in [0.05, 0.1) is 16.7 Å². The second-order valence-electron chi connectivity index (χ2n) is 7.44. The van der Waals surface area contributed by atoms with Crippen molar-refractivity contribution in [2.24, 2.45) is 7.05 Å². The molecule has 5 rings (SSSR count). The van der Waals surface area contributed by atoms with Crippen molar-refractivity contribution in [3.8, 4) is 11.3 Å². The maximum Gasteiger partial charge on any atom is 0.326 e. The summed E-state index contributed by atoms with van der Waals surface area (Å²) in [5.41, 5.74) is 6.54. The van der Waals surface area contributed by atoms with E-state index in [2.05, 4.69) is 33.5 Å². The van der Waals surface area contributed by atoms with E-state index in [-0.39, 0.29) is 11.6 Å². The Kier molecular flexibility index (Phi) is 4.13. The van der Waals surface area contributed by atoms with Crippen molar-refractivity contribution in [1.82, 2.24) is 14.5 Å². The number of thiazole rings is 1. The molecule has 2 N–H and O–H groups in total. The number of H-pyrrole nitrogens is 1. The zero-order chi connectivity index (χ0) is 20.1. The van der Waals surface area contributed by atoms with E-state index in [1.807, 2.05) is 6.92 Å². The van der Waals surface area contributed by atoms with Crippen LogP contribution in [-0.2, 0) is 19.9 Å². The molecule has 0 radical (unpaired) electrons. The molecule has 1 aliphatic carbocycles. The van der Waals surface area contributed by atoms with Gasteiger partial charge in [-0.05, 0) is 61.6 Å². The fourth-order valence-corrected chi connectivity index (χ4v) is 4.82. The molecule has 7 heteroatoms. The number of imidazole rings is 1. The van der Waals surface area contributed by atoms with Gasteiger partial charge in [-0.1, -0.05) is 12.1 Å². The van der Waals surface area contributed by atoms with Gasteiger partial charge in [0.2, 0.25) is 0 Å². The molecule has 2 aromatic heterocycles. The number of amides is 1. The van der Waals surface area contributed by atoms with Crippen LogP contribution in [0.4, 0.5) is 5.13 Å². The number of rotatable bonds is 3. The smallest absolute Gasteiger partial charge is 0.306 e. The van der Waals surface area contributed by atoms with E-state index >= 15 is 0 Å². The maximum absolute atomic E-state index is 12.7. The van der Waals surface area contributed by atoms with Crippen molar-refractivity contribution in [3.63, 3.8) is 0 Å². The van der Waals surface area contributed by atoms with Crippen molar-refractivity contribution < 1.29 is 4.79 Å². The lowest BCUT2D eigenvalue weighted by Crippen LogP contribution is -2.11. The Morgan fingerprint density at radius 2 is 2.00 bits per heavy atom. The van der Waals surface area contributed by atoms with Crippen molar-refractivity contribution >= 4 is 33.4 Å². The number of hydrogen-bond acceptors (Lipinski definition) is 4. The summed E-state index contributed by atoms with van der Waals surface area (Å²) in [7, 11) is 1.69. The van der Waals surface area contributed by atoms with E-state index < -0.39 is 0 Å². The van der Waals surface area contributed by atoms with Gasteiger partial charge in [0.1, 0.15) is 0 Å². The zero-order valence-corrected chi connectivity index (χ0v) is 17.0. The van der Waals surface area contributed by atoms with E-state index in [1.165, 1.54) is 33.5 Å². The van der Waals surface area contributed by atoms with Gasteiger partial charge in [0.25, 0.3) is 5.91 Å². The van der Waals surface area contributed by atoms with Crippen LogP contribution in [0.25, 0.3) is 22.3 Å². The molecule has 2 heterocycles. The predicted octanol–water partition coefficient (Wildman–Crippen LogP) is 4.04. The number of nitrogens with zero attached hydrogens (tertiary/aromatic N) is 2. The summed E-state index contributed by atoms with van der Waals surface area (Å²) in [5.74, 6) is -0.245.